The lowest BCUT2D eigenvalue weighted by Gasteiger charge is -2.18. The van der Waals surface area contributed by atoms with Crippen LogP contribution >= 0.6 is 23.5 Å². The van der Waals surface area contributed by atoms with Crippen LogP contribution in [0.3, 0.4) is 0 Å². The maximum Gasteiger partial charge on any atom is 0.261 e. The molecule has 1 aromatic heterocycles. The maximum atomic E-state index is 12.4. The lowest BCUT2D eigenvalue weighted by Crippen LogP contribution is -2.26. The molecule has 1 atom stereocenters. The molecule has 1 aromatic rings. The number of hydrogen-bond acceptors (Lipinski definition) is 5. The molecule has 4 rings (SSSR count). The van der Waals surface area contributed by atoms with Crippen molar-refractivity contribution >= 4 is 40.3 Å². The molecular weight excluding hydrogens is 316 g/mol. The zero-order valence-electron chi connectivity index (χ0n) is 12.3. The largest absolute Gasteiger partial charge is 0.272 e. The highest BCUT2D eigenvalue weighted by molar-refractivity contribution is 8.18. The van der Waals surface area contributed by atoms with Crippen LogP contribution in [0.1, 0.15) is 18.4 Å². The summed E-state index contributed by atoms with van der Waals surface area (Å²) in [6.07, 6.45) is 5.46. The molecule has 0 aromatic carbocycles. The fraction of sp³-hybridized carbons (Fsp3) is 0.467. The third-order valence-corrected chi connectivity index (χ3v) is 6.34. The second kappa shape index (κ2) is 5.70. The van der Waals surface area contributed by atoms with E-state index in [-0.39, 0.29) is 11.8 Å². The summed E-state index contributed by atoms with van der Waals surface area (Å²) in [5, 5.41) is 5.20. The number of amidine groups is 1. The van der Waals surface area contributed by atoms with Gasteiger partial charge in [-0.15, -0.1) is 0 Å². The van der Waals surface area contributed by atoms with Gasteiger partial charge in [0, 0.05) is 29.8 Å². The topological polar surface area (TPSA) is 59.6 Å². The first-order valence-electron chi connectivity index (χ1n) is 7.37. The van der Waals surface area contributed by atoms with Crippen LogP contribution < -0.4 is 0 Å². The van der Waals surface area contributed by atoms with Crippen molar-refractivity contribution in [1.82, 2.24) is 9.78 Å². The minimum Gasteiger partial charge on any atom is -0.272 e. The van der Waals surface area contributed by atoms with Crippen molar-refractivity contribution in [2.75, 3.05) is 11.5 Å². The number of hydrogen-bond donors (Lipinski definition) is 0. The molecule has 114 valence electrons. The van der Waals surface area contributed by atoms with Crippen molar-refractivity contribution < 1.29 is 4.79 Å². The van der Waals surface area contributed by atoms with E-state index >= 15 is 0 Å². The quantitative estimate of drug-likeness (QED) is 0.854. The number of amides is 1. The molecule has 7 heteroatoms. The smallest absolute Gasteiger partial charge is 0.261 e. The molecule has 0 radical (unpaired) electrons. The Bertz CT molecular complexity index is 732. The van der Waals surface area contributed by atoms with Gasteiger partial charge in [-0.2, -0.15) is 21.9 Å². The molecule has 0 aliphatic carbocycles. The standard InChI is InChI=1S/C15H16N4OS2/c1-9-6-16-19(7-9)4-2-12-17-14(20)13-10-3-5-21-8-11(10)22-15(13)18-12/h6-7,13H,2-5,8H2,1H3. The number of aromatic nitrogens is 2. The number of nitrogens with zero attached hydrogens (tertiary/aromatic N) is 4. The van der Waals surface area contributed by atoms with Gasteiger partial charge in [0.15, 0.2) is 0 Å². The first-order valence-corrected chi connectivity index (χ1v) is 9.34. The highest BCUT2D eigenvalue weighted by Gasteiger charge is 2.40. The highest BCUT2D eigenvalue weighted by Crippen LogP contribution is 2.46. The minimum atomic E-state index is -0.170. The van der Waals surface area contributed by atoms with E-state index in [1.165, 1.54) is 10.5 Å². The molecule has 1 amide bonds. The SMILES string of the molecule is Cc1cnn(CCC2=NC(=O)C3C(=N2)SC2=C3CCSC2)c1. The number of aryl methyl sites for hydroxylation is 2. The Labute approximate surface area is 137 Å². The van der Waals surface area contributed by atoms with Gasteiger partial charge in [-0.05, 0) is 30.2 Å². The first-order chi connectivity index (χ1) is 10.7. The molecule has 0 fully saturated rings. The summed E-state index contributed by atoms with van der Waals surface area (Å²) in [5.74, 6) is 2.57. The van der Waals surface area contributed by atoms with Gasteiger partial charge >= 0.3 is 0 Å². The van der Waals surface area contributed by atoms with Crippen LogP contribution in [0.2, 0.25) is 0 Å². The average Bonchev–Trinajstić information content (AvgIpc) is 3.08. The summed E-state index contributed by atoms with van der Waals surface area (Å²) in [4.78, 5) is 22.6. The van der Waals surface area contributed by atoms with Gasteiger partial charge in [-0.25, -0.2) is 4.99 Å². The molecule has 0 saturated carbocycles. The van der Waals surface area contributed by atoms with E-state index in [0.29, 0.717) is 18.8 Å². The molecule has 3 aliphatic rings. The van der Waals surface area contributed by atoms with E-state index in [1.54, 1.807) is 11.8 Å². The van der Waals surface area contributed by atoms with Crippen molar-refractivity contribution in [3.05, 3.63) is 28.4 Å². The van der Waals surface area contributed by atoms with Crippen LogP contribution in [0.4, 0.5) is 0 Å². The van der Waals surface area contributed by atoms with Gasteiger partial charge in [0.2, 0.25) is 0 Å². The number of aliphatic imine (C=N–C) groups is 2. The van der Waals surface area contributed by atoms with Crippen LogP contribution in [0.5, 0.6) is 0 Å². The molecule has 3 aliphatic heterocycles. The Morgan fingerprint density at radius 2 is 2.32 bits per heavy atom. The van der Waals surface area contributed by atoms with E-state index < -0.39 is 0 Å². The zero-order valence-corrected chi connectivity index (χ0v) is 13.9. The molecular formula is C15H16N4OS2. The number of rotatable bonds is 3. The van der Waals surface area contributed by atoms with Gasteiger partial charge in [0.05, 0.1) is 11.2 Å². The molecule has 4 heterocycles. The number of fused-ring (bicyclic) bond motifs is 2. The average molecular weight is 332 g/mol. The van der Waals surface area contributed by atoms with E-state index in [9.17, 15) is 4.79 Å². The lowest BCUT2D eigenvalue weighted by atomic mass is 9.96. The van der Waals surface area contributed by atoms with Crippen LogP contribution in [-0.4, -0.2) is 38.1 Å². The molecule has 0 bridgehead atoms. The van der Waals surface area contributed by atoms with E-state index in [2.05, 4.69) is 15.1 Å². The Balaban J connectivity index is 1.50. The van der Waals surface area contributed by atoms with E-state index in [0.717, 1.165) is 28.5 Å². The molecule has 0 spiro atoms. The van der Waals surface area contributed by atoms with Gasteiger partial charge < -0.3 is 0 Å². The summed E-state index contributed by atoms with van der Waals surface area (Å²) in [6.45, 7) is 2.72. The maximum absolute atomic E-state index is 12.4. The highest BCUT2D eigenvalue weighted by atomic mass is 32.2. The van der Waals surface area contributed by atoms with Crippen LogP contribution in [0.25, 0.3) is 0 Å². The van der Waals surface area contributed by atoms with Crippen molar-refractivity contribution in [3.8, 4) is 0 Å². The normalized spacial score (nSPS) is 24.0. The predicted molar refractivity (Wildman–Crippen MR) is 91.5 cm³/mol. The van der Waals surface area contributed by atoms with Crippen LogP contribution in [-0.2, 0) is 11.3 Å². The van der Waals surface area contributed by atoms with Gasteiger partial charge in [-0.1, -0.05) is 11.8 Å². The predicted octanol–water partition coefficient (Wildman–Crippen LogP) is 2.67. The van der Waals surface area contributed by atoms with E-state index in [4.69, 9.17) is 0 Å². The van der Waals surface area contributed by atoms with Crippen molar-refractivity contribution in [2.24, 2.45) is 15.9 Å². The monoisotopic (exact) mass is 332 g/mol. The second-order valence-corrected chi connectivity index (χ2v) is 7.85. The minimum absolute atomic E-state index is 0.0268. The van der Waals surface area contributed by atoms with Crippen molar-refractivity contribution in [2.45, 2.75) is 26.3 Å². The molecule has 22 heavy (non-hydrogen) atoms. The fourth-order valence-corrected chi connectivity index (χ4v) is 5.40. The Morgan fingerprint density at radius 1 is 1.41 bits per heavy atom. The van der Waals surface area contributed by atoms with Crippen molar-refractivity contribution in [1.29, 1.82) is 0 Å². The summed E-state index contributed by atoms with van der Waals surface area (Å²) in [7, 11) is 0. The summed E-state index contributed by atoms with van der Waals surface area (Å²) < 4.78 is 1.87. The number of thioether (sulfide) groups is 2. The molecule has 5 nitrogen and oxygen atoms in total. The Kier molecular flexibility index (Phi) is 3.69. The second-order valence-electron chi connectivity index (χ2n) is 5.63. The first kappa shape index (κ1) is 14.3. The van der Waals surface area contributed by atoms with Crippen molar-refractivity contribution in [3.63, 3.8) is 0 Å². The van der Waals surface area contributed by atoms with Gasteiger partial charge in [0.25, 0.3) is 5.91 Å². The van der Waals surface area contributed by atoms with Gasteiger partial charge in [0.1, 0.15) is 11.8 Å². The molecule has 0 saturated heterocycles. The van der Waals surface area contributed by atoms with Crippen LogP contribution in [0.15, 0.2) is 32.9 Å². The third-order valence-electron chi connectivity index (χ3n) is 3.98. The Morgan fingerprint density at radius 3 is 3.14 bits per heavy atom. The Hall–Kier alpha value is -1.34. The molecule has 1 unspecified atom stereocenters. The fourth-order valence-electron chi connectivity index (χ4n) is 2.92. The number of carbonyl (C=O) groups excluding carboxylic acids is 1. The summed E-state index contributed by atoms with van der Waals surface area (Å²) in [6, 6.07) is 0. The molecule has 0 N–H and O–H groups in total. The number of carbonyl (C=O) groups is 1. The summed E-state index contributed by atoms with van der Waals surface area (Å²) >= 11 is 3.63. The third kappa shape index (κ3) is 2.56. The van der Waals surface area contributed by atoms with Crippen LogP contribution in [0, 0.1) is 12.8 Å². The lowest BCUT2D eigenvalue weighted by molar-refractivity contribution is -0.118. The van der Waals surface area contributed by atoms with Gasteiger partial charge in [-0.3, -0.25) is 9.48 Å². The summed E-state index contributed by atoms with van der Waals surface area (Å²) in [5.41, 5.74) is 2.41. The van der Waals surface area contributed by atoms with E-state index in [1.807, 2.05) is 35.8 Å². The zero-order chi connectivity index (χ0) is 15.1.